The first-order valence-electron chi connectivity index (χ1n) is 9.09. The maximum Gasteiger partial charge on any atom is 0.240 e. The van der Waals surface area contributed by atoms with Crippen LogP contribution in [0.15, 0.2) is 40.6 Å². The van der Waals surface area contributed by atoms with Gasteiger partial charge in [-0.3, -0.25) is 4.79 Å². The van der Waals surface area contributed by atoms with Crippen LogP contribution in [0.25, 0.3) is 0 Å². The summed E-state index contributed by atoms with van der Waals surface area (Å²) in [5.74, 6) is -0.0307. The summed E-state index contributed by atoms with van der Waals surface area (Å²) in [6, 6.07) is 8.47. The van der Waals surface area contributed by atoms with Crippen LogP contribution in [0.2, 0.25) is 0 Å². The average molecular weight is 408 g/mol. The highest BCUT2D eigenvalue weighted by atomic mass is 32.2. The molecule has 1 amide bonds. The Labute approximate surface area is 164 Å². The number of hydrogen-bond donors (Lipinski definition) is 2. The van der Waals surface area contributed by atoms with E-state index in [9.17, 15) is 13.2 Å². The van der Waals surface area contributed by atoms with Gasteiger partial charge in [0.2, 0.25) is 15.9 Å². The van der Waals surface area contributed by atoms with Gasteiger partial charge in [0, 0.05) is 24.5 Å². The zero-order valence-corrected chi connectivity index (χ0v) is 17.0. The van der Waals surface area contributed by atoms with Crippen LogP contribution in [-0.2, 0) is 34.3 Å². The molecule has 0 bridgehead atoms. The van der Waals surface area contributed by atoms with Crippen molar-refractivity contribution < 1.29 is 13.2 Å². The van der Waals surface area contributed by atoms with E-state index in [1.807, 2.05) is 24.4 Å². The second-order valence-corrected chi connectivity index (χ2v) is 9.54. The minimum Gasteiger partial charge on any atom is -0.337 e. The maximum atomic E-state index is 12.6. The Balaban J connectivity index is 1.70. The molecule has 1 atom stereocenters. The summed E-state index contributed by atoms with van der Waals surface area (Å²) in [6.45, 7) is 3.34. The number of nitrogens with zero attached hydrogens (tertiary/aromatic N) is 1. The normalized spacial score (nSPS) is 15.4. The number of carbonyl (C=O) groups is 1. The van der Waals surface area contributed by atoms with Crippen LogP contribution in [0, 0.1) is 0 Å². The first-order valence-corrected chi connectivity index (χ1v) is 11.4. The lowest BCUT2D eigenvalue weighted by molar-refractivity contribution is -0.133. The molecule has 0 unspecified atom stereocenters. The highest BCUT2D eigenvalue weighted by Gasteiger charge is 2.25. The number of thiophene rings is 1. The molecule has 0 spiro atoms. The predicted octanol–water partition coefficient (Wildman–Crippen LogP) is 2.24. The van der Waals surface area contributed by atoms with E-state index in [2.05, 4.69) is 4.72 Å². The van der Waals surface area contributed by atoms with Crippen molar-refractivity contribution in [1.82, 2.24) is 9.62 Å². The standard InChI is InChI=1S/C19H25N3O3S2/c1-2-4-18(20)19(23)22-9-8-14-11-17(7-6-15(14)13-22)27(24,25)21-12-16-5-3-10-26-16/h3,5-7,10-11,18,21H,2,4,8-9,12-13,20H2,1H3/t18-/m0/s1. The van der Waals surface area contributed by atoms with E-state index in [0.29, 0.717) is 25.9 Å². The third-order valence-electron chi connectivity index (χ3n) is 4.75. The summed E-state index contributed by atoms with van der Waals surface area (Å²) in [7, 11) is -3.56. The summed E-state index contributed by atoms with van der Waals surface area (Å²) in [5, 5.41) is 1.92. The minimum absolute atomic E-state index is 0.0307. The van der Waals surface area contributed by atoms with E-state index in [1.165, 1.54) is 11.3 Å². The average Bonchev–Trinajstić information content (AvgIpc) is 3.19. The number of hydrogen-bond acceptors (Lipinski definition) is 5. The van der Waals surface area contributed by atoms with Gasteiger partial charge >= 0.3 is 0 Å². The number of amides is 1. The lowest BCUT2D eigenvalue weighted by Crippen LogP contribution is -2.45. The SMILES string of the molecule is CCC[C@H](N)C(=O)N1CCc2cc(S(=O)(=O)NCc3cccs3)ccc2C1. The number of nitrogens with two attached hydrogens (primary N) is 1. The van der Waals surface area contributed by atoms with Gasteiger partial charge in [-0.2, -0.15) is 0 Å². The quantitative estimate of drug-likeness (QED) is 0.736. The molecular formula is C19H25N3O3S2. The van der Waals surface area contributed by atoms with Crippen molar-refractivity contribution in [1.29, 1.82) is 0 Å². The molecule has 2 heterocycles. The minimum atomic E-state index is -3.56. The van der Waals surface area contributed by atoms with Crippen LogP contribution >= 0.6 is 11.3 Å². The van der Waals surface area contributed by atoms with Crippen LogP contribution in [0.3, 0.4) is 0 Å². The summed E-state index contributed by atoms with van der Waals surface area (Å²) < 4.78 is 27.8. The van der Waals surface area contributed by atoms with Gasteiger partial charge in [-0.15, -0.1) is 11.3 Å². The first-order chi connectivity index (χ1) is 12.9. The molecule has 1 aliphatic rings. The lowest BCUT2D eigenvalue weighted by Gasteiger charge is -2.31. The smallest absolute Gasteiger partial charge is 0.240 e. The summed E-state index contributed by atoms with van der Waals surface area (Å²) >= 11 is 1.52. The van der Waals surface area contributed by atoms with E-state index in [4.69, 9.17) is 5.73 Å². The van der Waals surface area contributed by atoms with Crippen molar-refractivity contribution in [2.45, 2.75) is 50.2 Å². The van der Waals surface area contributed by atoms with Gasteiger partial charge in [-0.25, -0.2) is 13.1 Å². The monoisotopic (exact) mass is 407 g/mol. The first kappa shape index (κ1) is 20.0. The molecule has 0 fully saturated rings. The number of fused-ring (bicyclic) bond motifs is 1. The number of nitrogens with one attached hydrogen (secondary N) is 1. The Morgan fingerprint density at radius 3 is 2.85 bits per heavy atom. The molecule has 0 saturated heterocycles. The van der Waals surface area contributed by atoms with Crippen LogP contribution in [0.4, 0.5) is 0 Å². The molecule has 27 heavy (non-hydrogen) atoms. The topological polar surface area (TPSA) is 92.5 Å². The number of sulfonamides is 1. The third-order valence-corrected chi connectivity index (χ3v) is 7.02. The van der Waals surface area contributed by atoms with Gasteiger partial charge in [0.1, 0.15) is 0 Å². The van der Waals surface area contributed by atoms with Crippen molar-refractivity contribution in [3.8, 4) is 0 Å². The molecule has 146 valence electrons. The Morgan fingerprint density at radius 1 is 1.33 bits per heavy atom. The zero-order chi connectivity index (χ0) is 19.4. The zero-order valence-electron chi connectivity index (χ0n) is 15.3. The molecular weight excluding hydrogens is 382 g/mol. The van der Waals surface area contributed by atoms with E-state index < -0.39 is 16.1 Å². The van der Waals surface area contributed by atoms with Gasteiger partial charge < -0.3 is 10.6 Å². The van der Waals surface area contributed by atoms with Gasteiger partial charge in [-0.05, 0) is 47.5 Å². The second-order valence-electron chi connectivity index (χ2n) is 6.74. The molecule has 1 aromatic heterocycles. The van der Waals surface area contributed by atoms with Gasteiger partial charge in [0.05, 0.1) is 10.9 Å². The Hall–Kier alpha value is -1.74. The molecule has 2 aromatic rings. The van der Waals surface area contributed by atoms with E-state index in [1.54, 1.807) is 23.1 Å². The Bertz CT molecular complexity index is 895. The van der Waals surface area contributed by atoms with E-state index in [0.717, 1.165) is 22.4 Å². The third kappa shape index (κ3) is 4.76. The van der Waals surface area contributed by atoms with Crippen molar-refractivity contribution in [2.24, 2.45) is 5.73 Å². The van der Waals surface area contributed by atoms with Crippen LogP contribution in [0.1, 0.15) is 35.8 Å². The van der Waals surface area contributed by atoms with Gasteiger partial charge in [0.15, 0.2) is 0 Å². The highest BCUT2D eigenvalue weighted by molar-refractivity contribution is 7.89. The number of carbonyl (C=O) groups excluding carboxylic acids is 1. The van der Waals surface area contributed by atoms with Crippen molar-refractivity contribution in [2.75, 3.05) is 6.54 Å². The summed E-state index contributed by atoms with van der Waals surface area (Å²) in [5.41, 5.74) is 7.91. The van der Waals surface area contributed by atoms with E-state index in [-0.39, 0.29) is 17.3 Å². The summed E-state index contributed by atoms with van der Waals surface area (Å²) in [4.78, 5) is 15.4. The molecule has 6 nitrogen and oxygen atoms in total. The van der Waals surface area contributed by atoms with Crippen LogP contribution in [0.5, 0.6) is 0 Å². The van der Waals surface area contributed by atoms with E-state index >= 15 is 0 Å². The fourth-order valence-electron chi connectivity index (χ4n) is 3.22. The second kappa shape index (κ2) is 8.52. The van der Waals surface area contributed by atoms with Gasteiger partial charge in [-0.1, -0.05) is 25.5 Å². The lowest BCUT2D eigenvalue weighted by atomic mass is 9.99. The van der Waals surface area contributed by atoms with Crippen LogP contribution < -0.4 is 10.5 Å². The molecule has 3 rings (SSSR count). The largest absolute Gasteiger partial charge is 0.337 e. The Morgan fingerprint density at radius 2 is 2.15 bits per heavy atom. The molecule has 0 radical (unpaired) electrons. The van der Waals surface area contributed by atoms with Crippen molar-refractivity contribution in [3.63, 3.8) is 0 Å². The molecule has 1 aliphatic heterocycles. The molecule has 8 heteroatoms. The number of rotatable bonds is 7. The summed E-state index contributed by atoms with van der Waals surface area (Å²) in [6.07, 6.45) is 2.18. The number of benzene rings is 1. The highest BCUT2D eigenvalue weighted by Crippen LogP contribution is 2.23. The molecule has 0 saturated carbocycles. The molecule has 1 aromatic carbocycles. The molecule has 0 aliphatic carbocycles. The Kier molecular flexibility index (Phi) is 6.31. The maximum absolute atomic E-state index is 12.6. The fourth-order valence-corrected chi connectivity index (χ4v) is 5.01. The fraction of sp³-hybridized carbons (Fsp3) is 0.421. The van der Waals surface area contributed by atoms with Crippen LogP contribution in [-0.4, -0.2) is 31.8 Å². The van der Waals surface area contributed by atoms with Crippen molar-refractivity contribution in [3.05, 3.63) is 51.7 Å². The van der Waals surface area contributed by atoms with Crippen molar-refractivity contribution >= 4 is 27.3 Å². The predicted molar refractivity (Wildman–Crippen MR) is 107 cm³/mol. The van der Waals surface area contributed by atoms with Gasteiger partial charge in [0.25, 0.3) is 0 Å². The molecule has 3 N–H and O–H groups in total.